The van der Waals surface area contributed by atoms with Gasteiger partial charge in [-0.3, -0.25) is 9.78 Å². The number of halogens is 1. The van der Waals surface area contributed by atoms with Gasteiger partial charge in [-0.1, -0.05) is 0 Å². The number of rotatable bonds is 3. The zero-order chi connectivity index (χ0) is 17.9. The average Bonchev–Trinajstić information content (AvgIpc) is 3.23. The second kappa shape index (κ2) is 7.57. The number of piperazine rings is 1. The van der Waals surface area contributed by atoms with E-state index in [-0.39, 0.29) is 5.91 Å². The number of anilines is 2. The summed E-state index contributed by atoms with van der Waals surface area (Å²) in [7, 11) is 0. The monoisotopic (exact) mass is 416 g/mol. The number of amides is 1. The van der Waals surface area contributed by atoms with Gasteiger partial charge >= 0.3 is 0 Å². The molecule has 7 nitrogen and oxygen atoms in total. The molecule has 26 heavy (non-hydrogen) atoms. The van der Waals surface area contributed by atoms with Gasteiger partial charge in [0.15, 0.2) is 0 Å². The third-order valence-electron chi connectivity index (χ3n) is 4.86. The van der Waals surface area contributed by atoms with Crippen molar-refractivity contribution in [1.82, 2.24) is 19.9 Å². The molecule has 0 spiro atoms. The van der Waals surface area contributed by atoms with Crippen LogP contribution in [-0.4, -0.2) is 65.0 Å². The fourth-order valence-electron chi connectivity index (χ4n) is 3.43. The zero-order valence-electron chi connectivity index (χ0n) is 14.5. The first-order valence-corrected chi connectivity index (χ1v) is 9.73. The van der Waals surface area contributed by atoms with Crippen molar-refractivity contribution in [2.75, 3.05) is 49.1 Å². The highest BCUT2D eigenvalue weighted by Gasteiger charge is 2.24. The van der Waals surface area contributed by atoms with Gasteiger partial charge in [-0.15, -0.1) is 0 Å². The summed E-state index contributed by atoms with van der Waals surface area (Å²) in [6.45, 7) is 4.95. The third-order valence-corrected chi connectivity index (χ3v) is 5.29. The SMILES string of the molecule is O=C(c1cncc(Br)c1)N1CCN(c2ccnc(N3CCCC3)n2)CC1. The van der Waals surface area contributed by atoms with Crippen molar-refractivity contribution < 1.29 is 4.79 Å². The Bertz CT molecular complexity index is 787. The summed E-state index contributed by atoms with van der Waals surface area (Å²) >= 11 is 3.37. The van der Waals surface area contributed by atoms with Gasteiger partial charge in [0, 0.05) is 62.3 Å². The van der Waals surface area contributed by atoms with Crippen LogP contribution in [0.15, 0.2) is 35.2 Å². The molecular weight excluding hydrogens is 396 g/mol. The normalized spacial score (nSPS) is 17.7. The molecule has 136 valence electrons. The van der Waals surface area contributed by atoms with Crippen LogP contribution in [0, 0.1) is 0 Å². The topological polar surface area (TPSA) is 65.5 Å². The maximum absolute atomic E-state index is 12.6. The number of nitrogens with zero attached hydrogens (tertiary/aromatic N) is 6. The van der Waals surface area contributed by atoms with E-state index in [9.17, 15) is 4.79 Å². The highest BCUT2D eigenvalue weighted by atomic mass is 79.9. The molecule has 4 heterocycles. The summed E-state index contributed by atoms with van der Waals surface area (Å²) in [6, 6.07) is 3.77. The molecular formula is C18H21BrN6O. The summed E-state index contributed by atoms with van der Waals surface area (Å²) in [6.07, 6.45) is 7.55. The standard InChI is InChI=1S/C18H21BrN6O/c19-15-11-14(12-20-13-15)17(26)24-9-7-23(8-10-24)16-3-4-21-18(22-16)25-5-1-2-6-25/h3-4,11-13H,1-2,5-10H2. The Balaban J connectivity index is 1.40. The van der Waals surface area contributed by atoms with Gasteiger partial charge in [0.2, 0.25) is 5.95 Å². The van der Waals surface area contributed by atoms with E-state index in [2.05, 4.69) is 35.7 Å². The Labute approximate surface area is 161 Å². The molecule has 2 aromatic heterocycles. The molecule has 0 radical (unpaired) electrons. The van der Waals surface area contributed by atoms with Crippen LogP contribution in [0.4, 0.5) is 11.8 Å². The molecule has 0 atom stereocenters. The third kappa shape index (κ3) is 3.65. The van der Waals surface area contributed by atoms with Crippen LogP contribution in [-0.2, 0) is 0 Å². The molecule has 2 aliphatic rings. The lowest BCUT2D eigenvalue weighted by molar-refractivity contribution is 0.0746. The quantitative estimate of drug-likeness (QED) is 0.763. The molecule has 0 bridgehead atoms. The Morgan fingerprint density at radius 1 is 1.00 bits per heavy atom. The minimum Gasteiger partial charge on any atom is -0.353 e. The lowest BCUT2D eigenvalue weighted by atomic mass is 10.2. The maximum atomic E-state index is 12.6. The van der Waals surface area contributed by atoms with E-state index in [1.807, 2.05) is 23.2 Å². The van der Waals surface area contributed by atoms with Crippen LogP contribution in [0.25, 0.3) is 0 Å². The molecule has 0 saturated carbocycles. The molecule has 0 aliphatic carbocycles. The molecule has 8 heteroatoms. The molecule has 2 fully saturated rings. The molecule has 2 aromatic rings. The van der Waals surface area contributed by atoms with Crippen LogP contribution in [0.2, 0.25) is 0 Å². The molecule has 2 saturated heterocycles. The number of pyridine rings is 1. The second-order valence-corrected chi connectivity index (χ2v) is 7.50. The summed E-state index contributed by atoms with van der Waals surface area (Å²) in [4.78, 5) is 32.2. The summed E-state index contributed by atoms with van der Waals surface area (Å²) in [5.41, 5.74) is 0.617. The zero-order valence-corrected chi connectivity index (χ0v) is 16.1. The Morgan fingerprint density at radius 3 is 2.50 bits per heavy atom. The molecule has 4 rings (SSSR count). The van der Waals surface area contributed by atoms with E-state index in [4.69, 9.17) is 4.98 Å². The van der Waals surface area contributed by atoms with E-state index in [0.717, 1.165) is 42.4 Å². The van der Waals surface area contributed by atoms with Gasteiger partial charge in [-0.2, -0.15) is 4.98 Å². The van der Waals surface area contributed by atoms with E-state index in [1.54, 1.807) is 12.4 Å². The van der Waals surface area contributed by atoms with Gasteiger partial charge in [0.25, 0.3) is 5.91 Å². The number of carbonyl (C=O) groups excluding carboxylic acids is 1. The Kier molecular flexibility index (Phi) is 5.01. The van der Waals surface area contributed by atoms with Crippen LogP contribution in [0.1, 0.15) is 23.2 Å². The molecule has 2 aliphatic heterocycles. The summed E-state index contributed by atoms with van der Waals surface area (Å²) < 4.78 is 0.817. The predicted octanol–water partition coefficient (Wildman–Crippen LogP) is 2.20. The minimum absolute atomic E-state index is 0.0268. The van der Waals surface area contributed by atoms with Crippen molar-refractivity contribution >= 4 is 33.6 Å². The molecule has 0 aromatic carbocycles. The van der Waals surface area contributed by atoms with E-state index >= 15 is 0 Å². The van der Waals surface area contributed by atoms with E-state index < -0.39 is 0 Å². The molecule has 1 amide bonds. The van der Waals surface area contributed by atoms with E-state index in [1.165, 1.54) is 12.8 Å². The number of hydrogen-bond donors (Lipinski definition) is 0. The van der Waals surface area contributed by atoms with Crippen LogP contribution < -0.4 is 9.80 Å². The van der Waals surface area contributed by atoms with Crippen molar-refractivity contribution in [1.29, 1.82) is 0 Å². The van der Waals surface area contributed by atoms with Crippen molar-refractivity contribution in [3.63, 3.8) is 0 Å². The summed E-state index contributed by atoms with van der Waals surface area (Å²) in [5, 5.41) is 0. The number of carbonyl (C=O) groups is 1. The maximum Gasteiger partial charge on any atom is 0.255 e. The first kappa shape index (κ1) is 17.2. The van der Waals surface area contributed by atoms with E-state index in [0.29, 0.717) is 18.7 Å². The fourth-order valence-corrected chi connectivity index (χ4v) is 3.80. The Hall–Kier alpha value is -2.22. The predicted molar refractivity (Wildman–Crippen MR) is 104 cm³/mol. The summed E-state index contributed by atoms with van der Waals surface area (Å²) in [5.74, 6) is 1.79. The smallest absolute Gasteiger partial charge is 0.255 e. The highest BCUT2D eigenvalue weighted by Crippen LogP contribution is 2.20. The van der Waals surface area contributed by atoms with Gasteiger partial charge in [0.1, 0.15) is 5.82 Å². The van der Waals surface area contributed by atoms with Gasteiger partial charge in [0.05, 0.1) is 5.56 Å². The molecule has 0 unspecified atom stereocenters. The average molecular weight is 417 g/mol. The molecule has 0 N–H and O–H groups in total. The van der Waals surface area contributed by atoms with Crippen LogP contribution in [0.3, 0.4) is 0 Å². The fraction of sp³-hybridized carbons (Fsp3) is 0.444. The largest absolute Gasteiger partial charge is 0.353 e. The number of hydrogen-bond acceptors (Lipinski definition) is 6. The number of aromatic nitrogens is 3. The Morgan fingerprint density at radius 2 is 1.77 bits per heavy atom. The van der Waals surface area contributed by atoms with Gasteiger partial charge in [-0.25, -0.2) is 4.98 Å². The first-order valence-electron chi connectivity index (χ1n) is 8.93. The lowest BCUT2D eigenvalue weighted by Crippen LogP contribution is -2.49. The van der Waals surface area contributed by atoms with Crippen molar-refractivity contribution in [2.24, 2.45) is 0 Å². The van der Waals surface area contributed by atoms with Gasteiger partial charge in [-0.05, 0) is 40.9 Å². The minimum atomic E-state index is 0.0268. The van der Waals surface area contributed by atoms with Crippen molar-refractivity contribution in [3.8, 4) is 0 Å². The van der Waals surface area contributed by atoms with Gasteiger partial charge < -0.3 is 14.7 Å². The first-order chi connectivity index (χ1) is 12.7. The van der Waals surface area contributed by atoms with Crippen LogP contribution in [0.5, 0.6) is 0 Å². The van der Waals surface area contributed by atoms with Crippen LogP contribution >= 0.6 is 15.9 Å². The second-order valence-electron chi connectivity index (χ2n) is 6.58. The highest BCUT2D eigenvalue weighted by molar-refractivity contribution is 9.10. The van der Waals surface area contributed by atoms with Crippen molar-refractivity contribution in [3.05, 3.63) is 40.8 Å². The van der Waals surface area contributed by atoms with Crippen molar-refractivity contribution in [2.45, 2.75) is 12.8 Å². The lowest BCUT2D eigenvalue weighted by Gasteiger charge is -2.35.